The van der Waals surface area contributed by atoms with Crippen LogP contribution in [-0.4, -0.2) is 56.7 Å². The lowest BCUT2D eigenvalue weighted by molar-refractivity contribution is -0.220. The van der Waals surface area contributed by atoms with Crippen molar-refractivity contribution in [3.05, 3.63) is 23.8 Å². The van der Waals surface area contributed by atoms with Gasteiger partial charge in [-0.3, -0.25) is 9.59 Å². The number of terminal acetylenes is 1. The summed E-state index contributed by atoms with van der Waals surface area (Å²) in [6.45, 7) is 13.5. The summed E-state index contributed by atoms with van der Waals surface area (Å²) in [6, 6.07) is 0. The number of carbonyl (C=O) groups is 3. The zero-order valence-electron chi connectivity index (χ0n) is 26.7. The van der Waals surface area contributed by atoms with Gasteiger partial charge in [0.2, 0.25) is 6.79 Å². The van der Waals surface area contributed by atoms with Gasteiger partial charge in [0.25, 0.3) is 0 Å². The van der Waals surface area contributed by atoms with Gasteiger partial charge in [-0.2, -0.15) is 0 Å². The molecule has 43 heavy (non-hydrogen) atoms. The first-order chi connectivity index (χ1) is 20.3. The fourth-order valence-corrected chi connectivity index (χ4v) is 9.42. The van der Waals surface area contributed by atoms with Crippen molar-refractivity contribution in [1.82, 2.24) is 0 Å². The summed E-state index contributed by atoms with van der Waals surface area (Å²) in [4.78, 5) is 40.8. The molecular weight excluding hydrogens is 548 g/mol. The lowest BCUT2D eigenvalue weighted by atomic mass is 9.43. The van der Waals surface area contributed by atoms with E-state index in [1.807, 2.05) is 19.1 Å². The molecule has 0 spiro atoms. The number of hydrogen-bond acceptors (Lipinski definition) is 8. The molecule has 0 aromatic rings. The molecule has 0 radical (unpaired) electrons. The highest BCUT2D eigenvalue weighted by Gasteiger charge is 2.84. The minimum Gasteiger partial charge on any atom is -0.427 e. The molecule has 5 aliphatic rings. The topological polar surface area (TPSA) is 97.4 Å². The molecule has 8 nitrogen and oxygen atoms in total. The molecule has 0 aromatic heterocycles. The second-order valence-electron chi connectivity index (χ2n) is 14.8. The molecule has 4 aliphatic carbocycles. The van der Waals surface area contributed by atoms with Crippen LogP contribution in [0.5, 0.6) is 0 Å². The Morgan fingerprint density at radius 1 is 1.14 bits per heavy atom. The Hall–Kier alpha value is -2.47. The SMILES string of the molecule is C#CCO[C@H]1C=C[C@H](OCC23C[C@@H]4[C@H](C)CC[C@H]4C4(C=O)CC2C=C(C(C)C)[C@@]34C(=O)OCOC(=O)C(C)(C)C)O[C@@H]1C. The van der Waals surface area contributed by atoms with E-state index >= 15 is 0 Å². The Labute approximate surface area is 256 Å². The van der Waals surface area contributed by atoms with E-state index in [9.17, 15) is 14.4 Å². The highest BCUT2D eigenvalue weighted by Crippen LogP contribution is 2.82. The smallest absolute Gasteiger partial charge is 0.320 e. The van der Waals surface area contributed by atoms with Crippen LogP contribution in [0.3, 0.4) is 0 Å². The summed E-state index contributed by atoms with van der Waals surface area (Å²) in [5.74, 6) is 2.32. The van der Waals surface area contributed by atoms with E-state index in [0.29, 0.717) is 18.3 Å². The van der Waals surface area contributed by atoms with E-state index in [2.05, 4.69) is 32.8 Å². The Morgan fingerprint density at radius 3 is 2.51 bits per heavy atom. The van der Waals surface area contributed by atoms with Crippen molar-refractivity contribution in [3.63, 3.8) is 0 Å². The second-order valence-corrected chi connectivity index (χ2v) is 14.8. The lowest BCUT2D eigenvalue weighted by Gasteiger charge is -2.58. The van der Waals surface area contributed by atoms with Gasteiger partial charge >= 0.3 is 11.9 Å². The minimum atomic E-state index is -1.22. The van der Waals surface area contributed by atoms with Crippen molar-refractivity contribution in [1.29, 1.82) is 0 Å². The second kappa shape index (κ2) is 11.5. The van der Waals surface area contributed by atoms with E-state index in [1.54, 1.807) is 20.8 Å². The molecule has 3 unspecified atom stereocenters. The number of allylic oxidation sites excluding steroid dienone is 1. The first-order valence-electron chi connectivity index (χ1n) is 15.8. The first-order valence-corrected chi connectivity index (χ1v) is 15.8. The van der Waals surface area contributed by atoms with Crippen LogP contribution in [0.4, 0.5) is 0 Å². The van der Waals surface area contributed by atoms with Crippen molar-refractivity contribution < 1.29 is 38.1 Å². The van der Waals surface area contributed by atoms with E-state index in [1.165, 1.54) is 0 Å². The van der Waals surface area contributed by atoms with Crippen molar-refractivity contribution in [2.45, 2.75) is 92.6 Å². The third-order valence-corrected chi connectivity index (χ3v) is 11.2. The molecule has 236 valence electrons. The summed E-state index contributed by atoms with van der Waals surface area (Å²) < 4.78 is 29.7. The zero-order valence-corrected chi connectivity index (χ0v) is 26.7. The lowest BCUT2D eigenvalue weighted by Crippen LogP contribution is -2.64. The molecule has 3 fully saturated rings. The van der Waals surface area contributed by atoms with Gasteiger partial charge in [-0.05, 0) is 82.6 Å². The number of fused-ring (bicyclic) bond motifs is 2. The third kappa shape index (κ3) is 4.73. The number of esters is 2. The van der Waals surface area contributed by atoms with E-state index in [-0.39, 0.29) is 43.2 Å². The maximum atomic E-state index is 14.7. The standard InChI is InChI=1S/C35H48O8/c1-9-14-39-28-12-13-29(43-23(28)5)40-19-34-17-25-22(4)10-11-26(25)33(18-36)16-24(34)15-27(21(2)3)35(33,34)31(38)42-20-41-30(37)32(6,7)8/h1,12-13,15,18,21-26,28-29H,10-11,14,16-17,19-20H2,2-8H3/t22-,23-,24?,25-,26-,28+,29-,33?,34?,35+/m1/s1. The highest BCUT2D eigenvalue weighted by atomic mass is 16.7. The number of aldehydes is 1. The van der Waals surface area contributed by atoms with Gasteiger partial charge in [-0.1, -0.05) is 50.8 Å². The number of ether oxygens (including phenoxy) is 5. The molecule has 1 heterocycles. The molecule has 0 aromatic carbocycles. The van der Waals surface area contributed by atoms with Crippen LogP contribution in [0.2, 0.25) is 0 Å². The van der Waals surface area contributed by atoms with Gasteiger partial charge in [0.05, 0.1) is 23.5 Å². The molecule has 0 amide bonds. The largest absolute Gasteiger partial charge is 0.427 e. The van der Waals surface area contributed by atoms with Crippen LogP contribution < -0.4 is 0 Å². The van der Waals surface area contributed by atoms with Gasteiger partial charge in [-0.25, -0.2) is 0 Å². The predicted molar refractivity (Wildman–Crippen MR) is 159 cm³/mol. The van der Waals surface area contributed by atoms with Crippen LogP contribution in [0.25, 0.3) is 0 Å². The molecule has 0 saturated heterocycles. The molecule has 0 N–H and O–H groups in total. The van der Waals surface area contributed by atoms with Gasteiger partial charge in [-0.15, -0.1) is 6.42 Å². The van der Waals surface area contributed by atoms with E-state index in [4.69, 9.17) is 30.1 Å². The Morgan fingerprint density at radius 2 is 1.88 bits per heavy atom. The molecule has 10 atom stereocenters. The average Bonchev–Trinajstić information content (AvgIpc) is 3.52. The minimum absolute atomic E-state index is 0.00367. The van der Waals surface area contributed by atoms with Crippen molar-refractivity contribution in [2.75, 3.05) is 20.0 Å². The summed E-state index contributed by atoms with van der Waals surface area (Å²) in [6.07, 6.45) is 14.5. The quantitative estimate of drug-likeness (QED) is 0.111. The summed E-state index contributed by atoms with van der Waals surface area (Å²) in [5, 5.41) is 0. The number of hydrogen-bond donors (Lipinski definition) is 0. The average molecular weight is 597 g/mol. The van der Waals surface area contributed by atoms with Gasteiger partial charge < -0.3 is 28.5 Å². The Kier molecular flexibility index (Phi) is 8.52. The van der Waals surface area contributed by atoms with Crippen LogP contribution in [-0.2, 0) is 38.1 Å². The van der Waals surface area contributed by atoms with Crippen LogP contribution >= 0.6 is 0 Å². The van der Waals surface area contributed by atoms with Gasteiger partial charge in [0, 0.05) is 5.41 Å². The van der Waals surface area contributed by atoms with Crippen molar-refractivity contribution >= 4 is 18.2 Å². The van der Waals surface area contributed by atoms with Crippen molar-refractivity contribution in [2.24, 2.45) is 51.2 Å². The molecular formula is C35H48O8. The van der Waals surface area contributed by atoms with E-state index < -0.39 is 46.7 Å². The van der Waals surface area contributed by atoms with Gasteiger partial charge in [0.15, 0.2) is 6.29 Å². The maximum absolute atomic E-state index is 14.7. The number of rotatable bonds is 10. The number of carbonyl (C=O) groups excluding carboxylic acids is 3. The maximum Gasteiger partial charge on any atom is 0.320 e. The normalized spacial score (nSPS) is 41.0. The molecule has 5 rings (SSSR count). The molecule has 4 bridgehead atoms. The predicted octanol–water partition coefficient (Wildman–Crippen LogP) is 5.25. The first kappa shape index (κ1) is 31.9. The molecule has 1 aliphatic heterocycles. The Balaban J connectivity index is 1.52. The zero-order chi connectivity index (χ0) is 31.4. The summed E-state index contributed by atoms with van der Waals surface area (Å²) in [5.41, 5.74) is -2.63. The van der Waals surface area contributed by atoms with Crippen LogP contribution in [0.1, 0.15) is 74.1 Å². The summed E-state index contributed by atoms with van der Waals surface area (Å²) in [7, 11) is 0. The molecule has 3 saturated carbocycles. The highest BCUT2D eigenvalue weighted by molar-refractivity contribution is 5.91. The fourth-order valence-electron chi connectivity index (χ4n) is 9.42. The van der Waals surface area contributed by atoms with Crippen molar-refractivity contribution in [3.8, 4) is 12.3 Å². The third-order valence-electron chi connectivity index (χ3n) is 11.2. The van der Waals surface area contributed by atoms with Crippen LogP contribution in [0.15, 0.2) is 23.8 Å². The van der Waals surface area contributed by atoms with E-state index in [0.717, 1.165) is 31.1 Å². The Bertz CT molecular complexity index is 1220. The van der Waals surface area contributed by atoms with Gasteiger partial charge in [0.1, 0.15) is 24.4 Å². The monoisotopic (exact) mass is 596 g/mol. The molecule has 8 heteroatoms. The fraction of sp³-hybridized carbons (Fsp3) is 0.743. The summed E-state index contributed by atoms with van der Waals surface area (Å²) >= 11 is 0. The van der Waals surface area contributed by atoms with Crippen LogP contribution in [0, 0.1) is 63.6 Å².